The van der Waals surface area contributed by atoms with Gasteiger partial charge >= 0.3 is 6.01 Å². The molecule has 7 rings (SSSR count). The molecule has 1 spiro atoms. The Bertz CT molecular complexity index is 1280. The molecule has 3 aliphatic heterocycles. The van der Waals surface area contributed by atoms with E-state index in [1.165, 1.54) is 24.2 Å². The van der Waals surface area contributed by atoms with Gasteiger partial charge in [-0.3, -0.25) is 9.80 Å². The fourth-order valence-electron chi connectivity index (χ4n) is 6.29. The van der Waals surface area contributed by atoms with E-state index >= 15 is 0 Å². The van der Waals surface area contributed by atoms with E-state index in [4.69, 9.17) is 14.2 Å². The van der Waals surface area contributed by atoms with Gasteiger partial charge in [0.2, 0.25) is 5.95 Å². The minimum Gasteiger partial charge on any atom is -0.460 e. The fraction of sp³-hybridized carbons (Fsp3) is 0.621. The molecular weight excluding hydrogens is 540 g/mol. The summed E-state index contributed by atoms with van der Waals surface area (Å²) in [6.07, 6.45) is 14.3. The van der Waals surface area contributed by atoms with Crippen LogP contribution in [0.4, 0.5) is 11.1 Å². The lowest BCUT2D eigenvalue weighted by molar-refractivity contribution is -0.140. The molecule has 12 heteroatoms. The van der Waals surface area contributed by atoms with Crippen LogP contribution in [0.3, 0.4) is 0 Å². The minimum atomic E-state index is 0.163. The third-order valence-corrected chi connectivity index (χ3v) is 9.80. The second-order valence-electron chi connectivity index (χ2n) is 11.8. The van der Waals surface area contributed by atoms with Crippen molar-refractivity contribution in [3.05, 3.63) is 36.4 Å². The zero-order valence-electron chi connectivity index (χ0n) is 23.4. The summed E-state index contributed by atoms with van der Waals surface area (Å²) in [7, 11) is 0. The molecule has 3 saturated heterocycles. The predicted molar refractivity (Wildman–Crippen MR) is 155 cm³/mol. The van der Waals surface area contributed by atoms with E-state index < -0.39 is 0 Å². The standard InChI is InChI=1S/C29H38N8O3S/c1-2-22(18-38-13-1)37-11-9-36(10-12-37)17-21-14-31-26(32-15-21)35-28-33-16-25(41-28)24-5-8-30-27(34-24)40-23-3-6-29(7-4-23)19-39-20-29/h5,8,14-16,22-23H,1-4,6-7,9-13,17-20H2,(H,31,32,33,35)/t22-/m1/s1. The Balaban J connectivity index is 0.896. The predicted octanol–water partition coefficient (Wildman–Crippen LogP) is 3.77. The SMILES string of the molecule is c1cc(-c2cnc(Nc3ncc(CN4CCN([C@@H]5CCCOC5)CC4)cn3)s2)nc(OC2CCC3(CC2)COC3)n1. The molecule has 11 nitrogen and oxygen atoms in total. The Labute approximate surface area is 244 Å². The zero-order chi connectivity index (χ0) is 27.5. The van der Waals surface area contributed by atoms with Gasteiger partial charge in [-0.2, -0.15) is 4.98 Å². The molecule has 41 heavy (non-hydrogen) atoms. The lowest BCUT2D eigenvalue weighted by Gasteiger charge is -2.45. The van der Waals surface area contributed by atoms with Crippen molar-refractivity contribution in [2.45, 2.75) is 57.2 Å². The van der Waals surface area contributed by atoms with Crippen molar-refractivity contribution in [1.29, 1.82) is 0 Å². The van der Waals surface area contributed by atoms with Gasteiger partial charge in [-0.25, -0.2) is 19.9 Å². The molecule has 0 bridgehead atoms. The molecule has 218 valence electrons. The lowest BCUT2D eigenvalue weighted by atomic mass is 9.72. The molecule has 0 radical (unpaired) electrons. The molecule has 3 aromatic rings. The molecule has 1 atom stereocenters. The largest absolute Gasteiger partial charge is 0.460 e. The van der Waals surface area contributed by atoms with Crippen LogP contribution in [0.2, 0.25) is 0 Å². The molecule has 0 amide bonds. The van der Waals surface area contributed by atoms with E-state index in [9.17, 15) is 0 Å². The first-order chi connectivity index (χ1) is 20.2. The smallest absolute Gasteiger partial charge is 0.317 e. The lowest BCUT2D eigenvalue weighted by Crippen LogP contribution is -2.52. The topological polar surface area (TPSA) is 111 Å². The average Bonchev–Trinajstić information content (AvgIpc) is 3.47. The first-order valence-electron chi connectivity index (χ1n) is 14.9. The number of hydrogen-bond donors (Lipinski definition) is 1. The number of rotatable bonds is 8. The van der Waals surface area contributed by atoms with Gasteiger partial charge in [-0.05, 0) is 44.6 Å². The first-order valence-corrected chi connectivity index (χ1v) is 15.7. The van der Waals surface area contributed by atoms with Crippen LogP contribution in [0, 0.1) is 5.41 Å². The maximum absolute atomic E-state index is 6.16. The summed E-state index contributed by atoms with van der Waals surface area (Å²) >= 11 is 1.51. The Morgan fingerprint density at radius 1 is 0.976 bits per heavy atom. The third-order valence-electron chi connectivity index (χ3n) is 8.86. The normalized spacial score (nSPS) is 23.8. The number of aromatic nitrogens is 5. The van der Waals surface area contributed by atoms with E-state index in [1.807, 2.05) is 24.7 Å². The van der Waals surface area contributed by atoms with Crippen molar-refractivity contribution in [2.24, 2.45) is 5.41 Å². The van der Waals surface area contributed by atoms with Gasteiger partial charge < -0.3 is 19.5 Å². The second-order valence-corrected chi connectivity index (χ2v) is 12.8. The van der Waals surface area contributed by atoms with Crippen LogP contribution in [-0.2, 0) is 16.0 Å². The van der Waals surface area contributed by atoms with E-state index in [0.717, 1.165) is 106 Å². The highest BCUT2D eigenvalue weighted by Crippen LogP contribution is 2.43. The van der Waals surface area contributed by atoms with Gasteiger partial charge in [0.1, 0.15) is 6.10 Å². The summed E-state index contributed by atoms with van der Waals surface area (Å²) < 4.78 is 17.3. The Morgan fingerprint density at radius 2 is 1.80 bits per heavy atom. The fourth-order valence-corrected chi connectivity index (χ4v) is 7.07. The van der Waals surface area contributed by atoms with Crippen molar-refractivity contribution >= 4 is 22.4 Å². The molecule has 1 aliphatic carbocycles. The van der Waals surface area contributed by atoms with Crippen LogP contribution in [0.25, 0.3) is 10.6 Å². The molecule has 0 aromatic carbocycles. The van der Waals surface area contributed by atoms with Gasteiger partial charge in [0.25, 0.3) is 0 Å². The third kappa shape index (κ3) is 6.51. The van der Waals surface area contributed by atoms with Gasteiger partial charge in [-0.1, -0.05) is 11.3 Å². The van der Waals surface area contributed by atoms with Gasteiger partial charge in [0.05, 0.1) is 30.4 Å². The van der Waals surface area contributed by atoms with Crippen LogP contribution in [0.5, 0.6) is 6.01 Å². The number of ether oxygens (including phenoxy) is 3. The van der Waals surface area contributed by atoms with Crippen LogP contribution in [0.15, 0.2) is 30.9 Å². The van der Waals surface area contributed by atoms with E-state index in [2.05, 4.69) is 40.0 Å². The second kappa shape index (κ2) is 12.2. The molecule has 4 aliphatic rings. The number of nitrogens with zero attached hydrogens (tertiary/aromatic N) is 7. The summed E-state index contributed by atoms with van der Waals surface area (Å²) in [5.74, 6) is 0.537. The molecule has 4 fully saturated rings. The molecule has 0 unspecified atom stereocenters. The molecule has 1 saturated carbocycles. The van der Waals surface area contributed by atoms with Crippen molar-refractivity contribution in [3.63, 3.8) is 0 Å². The Kier molecular flexibility index (Phi) is 8.08. The maximum atomic E-state index is 6.16. The van der Waals surface area contributed by atoms with Crippen molar-refractivity contribution in [3.8, 4) is 16.6 Å². The highest BCUT2D eigenvalue weighted by Gasteiger charge is 2.42. The van der Waals surface area contributed by atoms with E-state index in [0.29, 0.717) is 23.4 Å². The molecule has 3 aromatic heterocycles. The summed E-state index contributed by atoms with van der Waals surface area (Å²) in [4.78, 5) is 28.6. The minimum absolute atomic E-state index is 0.163. The Hall–Kier alpha value is -2.77. The zero-order valence-corrected chi connectivity index (χ0v) is 24.2. The number of anilines is 2. The Morgan fingerprint density at radius 3 is 2.54 bits per heavy atom. The van der Waals surface area contributed by atoms with Crippen molar-refractivity contribution < 1.29 is 14.2 Å². The molecule has 1 N–H and O–H groups in total. The summed E-state index contributed by atoms with van der Waals surface area (Å²) in [6.45, 7) is 8.78. The maximum Gasteiger partial charge on any atom is 0.317 e. The molecular formula is C29H38N8O3S. The summed E-state index contributed by atoms with van der Waals surface area (Å²) in [5.41, 5.74) is 2.32. The van der Waals surface area contributed by atoms with Gasteiger partial charge in [0, 0.05) is 81.1 Å². The number of thiazole rings is 1. The van der Waals surface area contributed by atoms with Crippen molar-refractivity contribution in [2.75, 3.05) is 57.9 Å². The highest BCUT2D eigenvalue weighted by atomic mass is 32.1. The quantitative estimate of drug-likeness (QED) is 0.422. The van der Waals surface area contributed by atoms with E-state index in [-0.39, 0.29) is 6.10 Å². The van der Waals surface area contributed by atoms with Gasteiger partial charge in [-0.15, -0.1) is 0 Å². The van der Waals surface area contributed by atoms with Crippen LogP contribution in [0.1, 0.15) is 44.1 Å². The van der Waals surface area contributed by atoms with Crippen LogP contribution < -0.4 is 10.1 Å². The average molecular weight is 579 g/mol. The number of piperazine rings is 1. The van der Waals surface area contributed by atoms with Crippen LogP contribution in [-0.4, -0.2) is 99.5 Å². The first kappa shape index (κ1) is 27.1. The van der Waals surface area contributed by atoms with Crippen molar-refractivity contribution in [1.82, 2.24) is 34.7 Å². The molecule has 6 heterocycles. The number of hydrogen-bond acceptors (Lipinski definition) is 12. The highest BCUT2D eigenvalue weighted by molar-refractivity contribution is 7.18. The summed E-state index contributed by atoms with van der Waals surface area (Å²) in [5, 5.41) is 3.95. The number of nitrogens with one attached hydrogen (secondary N) is 1. The van der Waals surface area contributed by atoms with E-state index in [1.54, 1.807) is 6.20 Å². The van der Waals surface area contributed by atoms with Crippen LogP contribution >= 0.6 is 11.3 Å². The van der Waals surface area contributed by atoms with Gasteiger partial charge in [0.15, 0.2) is 5.13 Å². The summed E-state index contributed by atoms with van der Waals surface area (Å²) in [6, 6.07) is 2.91. The monoisotopic (exact) mass is 578 g/mol.